The van der Waals surface area contributed by atoms with Crippen molar-refractivity contribution in [3.05, 3.63) is 54.1 Å². The van der Waals surface area contributed by atoms with Crippen molar-refractivity contribution in [3.63, 3.8) is 0 Å². The molecule has 1 aliphatic heterocycles. The lowest BCUT2D eigenvalue weighted by Crippen LogP contribution is -2.53. The zero-order valence-corrected chi connectivity index (χ0v) is 19.0. The highest BCUT2D eigenvalue weighted by atomic mass is 32.2. The van der Waals surface area contributed by atoms with Crippen LogP contribution in [0.4, 0.5) is 11.4 Å². The lowest BCUT2D eigenvalue weighted by molar-refractivity contribution is -0.125. The number of amides is 2. The molecule has 9 heteroatoms. The van der Waals surface area contributed by atoms with E-state index in [1.807, 2.05) is 6.07 Å². The van der Waals surface area contributed by atoms with Gasteiger partial charge in [-0.3, -0.25) is 13.9 Å². The Bertz CT molecular complexity index is 1200. The summed E-state index contributed by atoms with van der Waals surface area (Å²) < 4.78 is 28.5. The monoisotopic (exact) mass is 466 g/mol. The van der Waals surface area contributed by atoms with Crippen LogP contribution < -0.4 is 14.9 Å². The van der Waals surface area contributed by atoms with Crippen LogP contribution in [-0.4, -0.2) is 32.3 Å². The second-order valence-electron chi connectivity index (χ2n) is 8.39. The number of rotatable bonds is 5. The van der Waals surface area contributed by atoms with Crippen molar-refractivity contribution in [2.24, 2.45) is 0 Å². The first-order valence-corrected chi connectivity index (χ1v) is 12.6. The molecule has 2 amide bonds. The molecule has 1 saturated carbocycles. The molecule has 2 aliphatic rings. The Labute approximate surface area is 193 Å². The number of nitrogens with zero attached hydrogens (tertiary/aromatic N) is 2. The van der Waals surface area contributed by atoms with Crippen LogP contribution in [0, 0.1) is 11.3 Å². The van der Waals surface area contributed by atoms with Gasteiger partial charge in [-0.1, -0.05) is 49.9 Å². The van der Waals surface area contributed by atoms with E-state index < -0.39 is 22.0 Å². The van der Waals surface area contributed by atoms with Crippen LogP contribution in [0.1, 0.15) is 50.5 Å². The van der Waals surface area contributed by atoms with Gasteiger partial charge in [-0.15, -0.1) is 0 Å². The quantitative estimate of drug-likeness (QED) is 0.655. The number of hydrogen-bond donors (Lipinski definition) is 2. The minimum atomic E-state index is -4.31. The van der Waals surface area contributed by atoms with Gasteiger partial charge in [0.15, 0.2) is 0 Å². The maximum atomic E-state index is 13.8. The smallest absolute Gasteiger partial charge is 0.266 e. The van der Waals surface area contributed by atoms with Gasteiger partial charge in [0.2, 0.25) is 11.8 Å². The van der Waals surface area contributed by atoms with Crippen LogP contribution in [0.3, 0.4) is 0 Å². The van der Waals surface area contributed by atoms with Crippen LogP contribution in [0.25, 0.3) is 0 Å². The Balaban J connectivity index is 1.70. The lowest BCUT2D eigenvalue weighted by atomic mass is 10.1. The Morgan fingerprint density at radius 2 is 1.73 bits per heavy atom. The van der Waals surface area contributed by atoms with Crippen molar-refractivity contribution in [2.45, 2.75) is 61.9 Å². The van der Waals surface area contributed by atoms with Gasteiger partial charge in [-0.05, 0) is 37.1 Å². The minimum absolute atomic E-state index is 0.0254. The molecule has 4 rings (SSSR count). The first-order valence-electron chi connectivity index (χ1n) is 11.1. The Hall–Kier alpha value is -3.38. The molecule has 33 heavy (non-hydrogen) atoms. The Kier molecular flexibility index (Phi) is 6.65. The van der Waals surface area contributed by atoms with Crippen molar-refractivity contribution in [2.75, 3.05) is 9.62 Å². The van der Waals surface area contributed by atoms with Gasteiger partial charge in [-0.25, -0.2) is 8.42 Å². The fourth-order valence-corrected chi connectivity index (χ4v) is 6.29. The van der Waals surface area contributed by atoms with E-state index in [-0.39, 0.29) is 34.5 Å². The SMILES string of the molecule is N#Cc1ccccc1S(=O)(=O)N1c2ccccc2NC(=O)C1CC(=O)NC1CCCCCC1. The third kappa shape index (κ3) is 4.71. The van der Waals surface area contributed by atoms with Crippen LogP contribution in [-0.2, 0) is 19.6 Å². The van der Waals surface area contributed by atoms with Crippen LogP contribution in [0.5, 0.6) is 0 Å². The first kappa shape index (κ1) is 22.8. The van der Waals surface area contributed by atoms with Crippen LogP contribution in [0.2, 0.25) is 0 Å². The summed E-state index contributed by atoms with van der Waals surface area (Å²) >= 11 is 0. The highest BCUT2D eigenvalue weighted by Crippen LogP contribution is 2.37. The maximum absolute atomic E-state index is 13.8. The van der Waals surface area contributed by atoms with Gasteiger partial charge >= 0.3 is 0 Å². The van der Waals surface area contributed by atoms with E-state index in [2.05, 4.69) is 10.6 Å². The summed E-state index contributed by atoms with van der Waals surface area (Å²) in [4.78, 5) is 25.7. The van der Waals surface area contributed by atoms with Crippen LogP contribution in [0.15, 0.2) is 53.4 Å². The van der Waals surface area contributed by atoms with Crippen molar-refractivity contribution < 1.29 is 18.0 Å². The van der Waals surface area contributed by atoms with E-state index in [1.54, 1.807) is 30.3 Å². The molecule has 0 bridgehead atoms. The van der Waals surface area contributed by atoms with E-state index in [0.717, 1.165) is 42.8 Å². The standard InChI is InChI=1S/C24H26N4O4S/c25-16-17-9-5-8-14-22(17)33(31,32)28-20-13-7-6-12-19(20)27-24(30)21(28)15-23(29)26-18-10-3-1-2-4-11-18/h5-9,12-14,18,21H,1-4,10-11,15H2,(H,26,29)(H,27,30). The molecule has 0 radical (unpaired) electrons. The number of carbonyl (C=O) groups is 2. The van der Waals surface area contributed by atoms with Crippen molar-refractivity contribution >= 4 is 33.2 Å². The summed E-state index contributed by atoms with van der Waals surface area (Å²) in [5, 5.41) is 15.2. The van der Waals surface area contributed by atoms with Crippen molar-refractivity contribution in [1.29, 1.82) is 5.26 Å². The topological polar surface area (TPSA) is 119 Å². The molecule has 8 nitrogen and oxygen atoms in total. The van der Waals surface area contributed by atoms with Crippen LogP contribution >= 0.6 is 0 Å². The summed E-state index contributed by atoms with van der Waals surface area (Å²) in [7, 11) is -4.31. The highest BCUT2D eigenvalue weighted by Gasteiger charge is 2.42. The molecular formula is C24H26N4O4S. The van der Waals surface area contributed by atoms with Crippen molar-refractivity contribution in [1.82, 2.24) is 5.32 Å². The predicted octanol–water partition coefficient (Wildman–Crippen LogP) is 3.30. The fourth-order valence-electron chi connectivity index (χ4n) is 4.51. The number of sulfonamides is 1. The number of carbonyl (C=O) groups excluding carboxylic acids is 2. The summed E-state index contributed by atoms with van der Waals surface area (Å²) in [6, 6.07) is 13.1. The van der Waals surface area contributed by atoms with Gasteiger partial charge in [0, 0.05) is 6.04 Å². The summed E-state index contributed by atoms with van der Waals surface area (Å²) in [6.07, 6.45) is 5.79. The van der Waals surface area contributed by atoms with E-state index in [9.17, 15) is 23.3 Å². The second-order valence-corrected chi connectivity index (χ2v) is 10.2. The van der Waals surface area contributed by atoms with Gasteiger partial charge in [0.05, 0.1) is 23.4 Å². The molecule has 2 aromatic rings. The molecule has 1 atom stereocenters. The van der Waals surface area contributed by atoms with E-state index in [1.165, 1.54) is 18.2 Å². The molecule has 0 spiro atoms. The predicted molar refractivity (Wildman–Crippen MR) is 124 cm³/mol. The third-order valence-corrected chi connectivity index (χ3v) is 8.01. The molecule has 1 fully saturated rings. The Morgan fingerprint density at radius 1 is 1.06 bits per heavy atom. The molecular weight excluding hydrogens is 440 g/mol. The lowest BCUT2D eigenvalue weighted by Gasteiger charge is -2.37. The number of nitriles is 1. The Morgan fingerprint density at radius 3 is 2.45 bits per heavy atom. The average molecular weight is 467 g/mol. The van der Waals surface area contributed by atoms with Gasteiger partial charge in [0.25, 0.3) is 10.0 Å². The first-order chi connectivity index (χ1) is 15.9. The molecule has 0 aromatic heterocycles. The minimum Gasteiger partial charge on any atom is -0.353 e. The summed E-state index contributed by atoms with van der Waals surface area (Å²) in [6.45, 7) is 0. The molecule has 2 N–H and O–H groups in total. The molecule has 172 valence electrons. The van der Waals surface area contributed by atoms with Gasteiger partial charge in [0.1, 0.15) is 17.0 Å². The normalized spacial score (nSPS) is 19.1. The molecule has 0 saturated heterocycles. The molecule has 2 aromatic carbocycles. The van der Waals surface area contributed by atoms with E-state index in [4.69, 9.17) is 0 Å². The average Bonchev–Trinajstić information content (AvgIpc) is 3.07. The number of hydrogen-bond acceptors (Lipinski definition) is 5. The van der Waals surface area contributed by atoms with E-state index >= 15 is 0 Å². The zero-order chi connectivity index (χ0) is 23.4. The third-order valence-electron chi connectivity index (χ3n) is 6.13. The number of nitrogens with one attached hydrogen (secondary N) is 2. The summed E-state index contributed by atoms with van der Waals surface area (Å²) in [5.74, 6) is -0.946. The number of fused-ring (bicyclic) bond motifs is 1. The van der Waals surface area contributed by atoms with Gasteiger partial charge in [-0.2, -0.15) is 5.26 Å². The number of anilines is 2. The molecule has 1 heterocycles. The summed E-state index contributed by atoms with van der Waals surface area (Å²) in [5.41, 5.74) is 0.570. The molecule has 1 unspecified atom stereocenters. The number of para-hydroxylation sites is 2. The second kappa shape index (κ2) is 9.63. The van der Waals surface area contributed by atoms with Gasteiger partial charge < -0.3 is 10.6 Å². The highest BCUT2D eigenvalue weighted by molar-refractivity contribution is 7.93. The maximum Gasteiger partial charge on any atom is 0.266 e. The molecule has 1 aliphatic carbocycles. The van der Waals surface area contributed by atoms with Crippen molar-refractivity contribution in [3.8, 4) is 6.07 Å². The zero-order valence-electron chi connectivity index (χ0n) is 18.2. The van der Waals surface area contributed by atoms with E-state index in [0.29, 0.717) is 5.69 Å². The fraction of sp³-hybridized carbons (Fsp3) is 0.375. The largest absolute Gasteiger partial charge is 0.353 e. The number of benzene rings is 2.